The van der Waals surface area contributed by atoms with Crippen LogP contribution in [0.1, 0.15) is 31.7 Å². The van der Waals surface area contributed by atoms with Gasteiger partial charge in [0.2, 0.25) is 5.89 Å². The zero-order valence-electron chi connectivity index (χ0n) is 7.90. The lowest BCUT2D eigenvalue weighted by Crippen LogP contribution is -2.19. The van der Waals surface area contributed by atoms with Crippen molar-refractivity contribution in [1.29, 1.82) is 0 Å². The van der Waals surface area contributed by atoms with Crippen molar-refractivity contribution in [3.8, 4) is 0 Å². The third kappa shape index (κ3) is 1.65. The molecule has 0 bridgehead atoms. The van der Waals surface area contributed by atoms with Crippen LogP contribution in [0.3, 0.4) is 0 Å². The number of hydrogen-bond donors (Lipinski definition) is 1. The van der Waals surface area contributed by atoms with E-state index in [4.69, 9.17) is 10.2 Å². The highest BCUT2D eigenvalue weighted by molar-refractivity contribution is 5.27. The Labute approximate surface area is 76.9 Å². The maximum absolute atomic E-state index is 5.60. The van der Waals surface area contributed by atoms with E-state index in [9.17, 15) is 0 Å². The van der Waals surface area contributed by atoms with E-state index in [1.165, 1.54) is 12.8 Å². The minimum absolute atomic E-state index is 0.186. The van der Waals surface area contributed by atoms with E-state index >= 15 is 0 Å². The predicted molar refractivity (Wildman–Crippen MR) is 48.3 cm³/mol. The van der Waals surface area contributed by atoms with Crippen LogP contribution in [0.4, 0.5) is 6.01 Å². The smallest absolute Gasteiger partial charge is 0.318 e. The molecular weight excluding hydrogens is 168 g/mol. The molecule has 1 unspecified atom stereocenters. The quantitative estimate of drug-likeness (QED) is 0.744. The lowest BCUT2D eigenvalue weighted by molar-refractivity contribution is 0.460. The van der Waals surface area contributed by atoms with Gasteiger partial charge in [0.15, 0.2) is 0 Å². The SMILES string of the molecule is CC(N)c1nnc(N(C)C2CC2)o1. The summed E-state index contributed by atoms with van der Waals surface area (Å²) in [4.78, 5) is 2.01. The molecule has 1 fully saturated rings. The van der Waals surface area contributed by atoms with Gasteiger partial charge in [-0.1, -0.05) is 5.10 Å². The summed E-state index contributed by atoms with van der Waals surface area (Å²) in [7, 11) is 1.97. The molecule has 1 aliphatic rings. The van der Waals surface area contributed by atoms with E-state index in [0.717, 1.165) is 0 Å². The Morgan fingerprint density at radius 2 is 2.23 bits per heavy atom. The van der Waals surface area contributed by atoms with Gasteiger partial charge in [0.05, 0.1) is 6.04 Å². The van der Waals surface area contributed by atoms with Gasteiger partial charge in [-0.3, -0.25) is 0 Å². The van der Waals surface area contributed by atoms with Gasteiger partial charge in [-0.15, -0.1) is 5.10 Å². The minimum Gasteiger partial charge on any atom is -0.406 e. The van der Waals surface area contributed by atoms with E-state index in [1.54, 1.807) is 0 Å². The molecule has 1 aliphatic carbocycles. The third-order valence-electron chi connectivity index (χ3n) is 2.22. The summed E-state index contributed by atoms with van der Waals surface area (Å²) in [5.74, 6) is 0.502. The van der Waals surface area contributed by atoms with Crippen LogP contribution in [0.5, 0.6) is 0 Å². The molecule has 5 nitrogen and oxygen atoms in total. The first-order valence-electron chi connectivity index (χ1n) is 4.50. The Balaban J connectivity index is 2.11. The van der Waals surface area contributed by atoms with Crippen LogP contribution >= 0.6 is 0 Å². The molecule has 2 rings (SSSR count). The van der Waals surface area contributed by atoms with E-state index in [0.29, 0.717) is 17.9 Å². The molecule has 0 amide bonds. The second kappa shape index (κ2) is 2.99. The molecule has 13 heavy (non-hydrogen) atoms. The summed E-state index contributed by atoms with van der Waals surface area (Å²) in [5, 5.41) is 7.79. The number of hydrogen-bond acceptors (Lipinski definition) is 5. The molecule has 1 heterocycles. The standard InChI is InChI=1S/C8H14N4O/c1-5(9)7-10-11-8(13-7)12(2)6-3-4-6/h5-6H,3-4,9H2,1-2H3. The van der Waals surface area contributed by atoms with Crippen molar-refractivity contribution < 1.29 is 4.42 Å². The Hall–Kier alpha value is -1.10. The van der Waals surface area contributed by atoms with E-state index in [1.807, 2.05) is 18.9 Å². The second-order valence-electron chi connectivity index (χ2n) is 3.55. The molecule has 5 heteroatoms. The van der Waals surface area contributed by atoms with Crippen LogP contribution in [-0.4, -0.2) is 23.3 Å². The lowest BCUT2D eigenvalue weighted by Gasteiger charge is -2.11. The van der Waals surface area contributed by atoms with E-state index in [2.05, 4.69) is 10.2 Å². The van der Waals surface area contributed by atoms with Gasteiger partial charge in [-0.05, 0) is 19.8 Å². The van der Waals surface area contributed by atoms with Gasteiger partial charge in [0.1, 0.15) is 0 Å². The molecule has 1 atom stereocenters. The van der Waals surface area contributed by atoms with Crippen molar-refractivity contribution in [2.24, 2.45) is 5.73 Å². The summed E-state index contributed by atoms with van der Waals surface area (Å²) in [6.07, 6.45) is 2.43. The summed E-state index contributed by atoms with van der Waals surface area (Å²) >= 11 is 0. The Morgan fingerprint density at radius 1 is 1.54 bits per heavy atom. The van der Waals surface area contributed by atoms with E-state index in [-0.39, 0.29) is 6.04 Å². The molecule has 72 valence electrons. The Kier molecular flexibility index (Phi) is 1.95. The average Bonchev–Trinajstić information content (AvgIpc) is 2.81. The first-order chi connectivity index (χ1) is 6.18. The van der Waals surface area contributed by atoms with Crippen molar-refractivity contribution in [2.75, 3.05) is 11.9 Å². The van der Waals surface area contributed by atoms with E-state index < -0.39 is 0 Å². The highest BCUT2D eigenvalue weighted by atomic mass is 16.4. The number of nitrogens with zero attached hydrogens (tertiary/aromatic N) is 3. The molecule has 1 saturated carbocycles. The topological polar surface area (TPSA) is 68.2 Å². The predicted octanol–water partition coefficient (Wildman–Crippen LogP) is 0.688. The molecule has 0 aliphatic heterocycles. The highest BCUT2D eigenvalue weighted by Gasteiger charge is 2.29. The molecule has 0 radical (unpaired) electrons. The van der Waals surface area contributed by atoms with Crippen molar-refractivity contribution in [3.05, 3.63) is 5.89 Å². The van der Waals surface area contributed by atoms with Crippen LogP contribution in [0, 0.1) is 0 Å². The number of aromatic nitrogens is 2. The van der Waals surface area contributed by atoms with Crippen LogP contribution in [0.25, 0.3) is 0 Å². The monoisotopic (exact) mass is 182 g/mol. The Morgan fingerprint density at radius 3 is 2.69 bits per heavy atom. The summed E-state index contributed by atoms with van der Waals surface area (Å²) in [5.41, 5.74) is 5.60. The number of rotatable bonds is 3. The van der Waals surface area contributed by atoms with Crippen molar-refractivity contribution in [3.63, 3.8) is 0 Å². The van der Waals surface area contributed by atoms with Crippen molar-refractivity contribution >= 4 is 6.01 Å². The largest absolute Gasteiger partial charge is 0.406 e. The van der Waals surface area contributed by atoms with Crippen LogP contribution < -0.4 is 10.6 Å². The maximum Gasteiger partial charge on any atom is 0.318 e. The number of anilines is 1. The van der Waals surface area contributed by atoms with Gasteiger partial charge in [-0.25, -0.2) is 0 Å². The van der Waals surface area contributed by atoms with Crippen molar-refractivity contribution in [2.45, 2.75) is 31.8 Å². The summed E-state index contributed by atoms with van der Waals surface area (Å²) < 4.78 is 5.39. The number of nitrogens with two attached hydrogens (primary N) is 1. The van der Waals surface area contributed by atoms with Gasteiger partial charge >= 0.3 is 6.01 Å². The molecule has 2 N–H and O–H groups in total. The van der Waals surface area contributed by atoms with Crippen molar-refractivity contribution in [1.82, 2.24) is 10.2 Å². The maximum atomic E-state index is 5.60. The molecule has 0 saturated heterocycles. The molecule has 0 aromatic carbocycles. The summed E-state index contributed by atoms with van der Waals surface area (Å²) in [6, 6.07) is 0.977. The zero-order chi connectivity index (χ0) is 9.42. The van der Waals surface area contributed by atoms with Crippen LogP contribution in [0.15, 0.2) is 4.42 Å². The second-order valence-corrected chi connectivity index (χ2v) is 3.55. The third-order valence-corrected chi connectivity index (χ3v) is 2.22. The fourth-order valence-electron chi connectivity index (χ4n) is 1.17. The minimum atomic E-state index is -0.186. The summed E-state index contributed by atoms with van der Waals surface area (Å²) in [6.45, 7) is 1.83. The first kappa shape index (κ1) is 8.50. The normalized spacial score (nSPS) is 18.7. The van der Waals surface area contributed by atoms with Crippen LogP contribution in [0.2, 0.25) is 0 Å². The fourth-order valence-corrected chi connectivity index (χ4v) is 1.17. The Bertz CT molecular complexity index is 292. The molecule has 0 spiro atoms. The fraction of sp³-hybridized carbons (Fsp3) is 0.750. The van der Waals surface area contributed by atoms with Gasteiger partial charge in [0.25, 0.3) is 0 Å². The zero-order valence-corrected chi connectivity index (χ0v) is 7.90. The average molecular weight is 182 g/mol. The lowest BCUT2D eigenvalue weighted by atomic mass is 10.4. The van der Waals surface area contributed by atoms with Crippen LogP contribution in [-0.2, 0) is 0 Å². The molecular formula is C8H14N4O. The molecule has 1 aromatic heterocycles. The van der Waals surface area contributed by atoms with Gasteiger partial charge in [0, 0.05) is 13.1 Å². The molecule has 1 aromatic rings. The van der Waals surface area contributed by atoms with Gasteiger partial charge < -0.3 is 15.1 Å². The van der Waals surface area contributed by atoms with Gasteiger partial charge in [-0.2, -0.15) is 0 Å². The highest BCUT2D eigenvalue weighted by Crippen LogP contribution is 2.29. The first-order valence-corrected chi connectivity index (χ1v) is 4.50.